The number of nitrogens with one attached hydrogen (secondary N) is 1. The molecule has 136 valence electrons. The third-order valence-electron chi connectivity index (χ3n) is 4.71. The van der Waals surface area contributed by atoms with Gasteiger partial charge in [0.05, 0.1) is 5.56 Å². The molecule has 1 atom stereocenters. The van der Waals surface area contributed by atoms with Gasteiger partial charge < -0.3 is 10.2 Å². The van der Waals surface area contributed by atoms with Gasteiger partial charge in [-0.2, -0.15) is 0 Å². The molecule has 0 aliphatic carbocycles. The number of amides is 2. The van der Waals surface area contributed by atoms with Crippen LogP contribution in [0.15, 0.2) is 48.7 Å². The second-order valence-electron chi connectivity index (χ2n) is 6.83. The zero-order valence-electron chi connectivity index (χ0n) is 15.1. The maximum Gasteiger partial charge on any atom is 0.255 e. The predicted molar refractivity (Wildman–Crippen MR) is 101 cm³/mol. The van der Waals surface area contributed by atoms with E-state index >= 15 is 0 Å². The van der Waals surface area contributed by atoms with E-state index in [2.05, 4.69) is 22.4 Å². The fourth-order valence-corrected chi connectivity index (χ4v) is 3.24. The SMILES string of the molecule is Cc1ccc(C(=O)N2CC[C@@H](NC(=O)CCCc3ccccc3)C2)cn1. The number of carbonyl (C=O) groups excluding carboxylic acids is 2. The Morgan fingerprint density at radius 2 is 2.00 bits per heavy atom. The number of rotatable bonds is 6. The first-order valence-electron chi connectivity index (χ1n) is 9.17. The van der Waals surface area contributed by atoms with Crippen LogP contribution in [-0.2, 0) is 11.2 Å². The molecule has 1 aromatic heterocycles. The van der Waals surface area contributed by atoms with Gasteiger partial charge in [-0.3, -0.25) is 14.6 Å². The Balaban J connectivity index is 1.41. The van der Waals surface area contributed by atoms with E-state index in [1.54, 1.807) is 17.2 Å². The first-order valence-corrected chi connectivity index (χ1v) is 9.17. The minimum atomic E-state index is -0.0154. The molecule has 1 saturated heterocycles. The standard InChI is InChI=1S/C21H25N3O2/c1-16-10-11-18(14-22-16)21(26)24-13-12-19(15-24)23-20(25)9-5-8-17-6-3-2-4-7-17/h2-4,6-7,10-11,14,19H,5,8-9,12-13,15H2,1H3,(H,23,25)/t19-/m1/s1. The number of aryl methyl sites for hydroxylation is 2. The largest absolute Gasteiger partial charge is 0.352 e. The lowest BCUT2D eigenvalue weighted by atomic mass is 10.1. The number of hydrogen-bond donors (Lipinski definition) is 1. The highest BCUT2D eigenvalue weighted by Gasteiger charge is 2.27. The monoisotopic (exact) mass is 351 g/mol. The zero-order valence-corrected chi connectivity index (χ0v) is 15.1. The summed E-state index contributed by atoms with van der Waals surface area (Å²) in [6.07, 6.45) is 4.67. The van der Waals surface area contributed by atoms with Crippen molar-refractivity contribution in [3.05, 3.63) is 65.5 Å². The third-order valence-corrected chi connectivity index (χ3v) is 4.71. The molecule has 1 fully saturated rings. The molecular weight excluding hydrogens is 326 g/mol. The Bertz CT molecular complexity index is 744. The van der Waals surface area contributed by atoms with Gasteiger partial charge in [-0.25, -0.2) is 0 Å². The summed E-state index contributed by atoms with van der Waals surface area (Å²) >= 11 is 0. The van der Waals surface area contributed by atoms with E-state index in [4.69, 9.17) is 0 Å². The van der Waals surface area contributed by atoms with Gasteiger partial charge in [-0.15, -0.1) is 0 Å². The molecule has 0 radical (unpaired) electrons. The van der Waals surface area contributed by atoms with Crippen LogP contribution >= 0.6 is 0 Å². The quantitative estimate of drug-likeness (QED) is 0.870. The molecule has 0 bridgehead atoms. The van der Waals surface area contributed by atoms with Crippen LogP contribution in [0.2, 0.25) is 0 Å². The van der Waals surface area contributed by atoms with Crippen LogP contribution in [0.5, 0.6) is 0 Å². The van der Waals surface area contributed by atoms with Crippen LogP contribution in [0, 0.1) is 6.92 Å². The van der Waals surface area contributed by atoms with Crippen LogP contribution in [0.4, 0.5) is 0 Å². The molecular formula is C21H25N3O2. The summed E-state index contributed by atoms with van der Waals surface area (Å²) in [7, 11) is 0. The normalized spacial score (nSPS) is 16.5. The second-order valence-corrected chi connectivity index (χ2v) is 6.83. The summed E-state index contributed by atoms with van der Waals surface area (Å²) in [5.74, 6) is 0.0514. The van der Waals surface area contributed by atoms with Crippen molar-refractivity contribution < 1.29 is 9.59 Å². The number of aromatic nitrogens is 1. The van der Waals surface area contributed by atoms with Gasteiger partial charge in [0.15, 0.2) is 0 Å². The number of nitrogens with zero attached hydrogens (tertiary/aromatic N) is 2. The minimum Gasteiger partial charge on any atom is -0.352 e. The van der Waals surface area contributed by atoms with Crippen LogP contribution in [0.25, 0.3) is 0 Å². The molecule has 0 saturated carbocycles. The van der Waals surface area contributed by atoms with Crippen LogP contribution in [0.3, 0.4) is 0 Å². The Morgan fingerprint density at radius 3 is 2.73 bits per heavy atom. The molecule has 2 amide bonds. The molecule has 3 rings (SSSR count). The van der Waals surface area contributed by atoms with E-state index in [1.165, 1.54) is 5.56 Å². The van der Waals surface area contributed by atoms with Crippen LogP contribution in [-0.4, -0.2) is 40.8 Å². The number of carbonyl (C=O) groups is 2. The van der Waals surface area contributed by atoms with Crippen molar-refractivity contribution in [2.45, 2.75) is 38.6 Å². The van der Waals surface area contributed by atoms with Crippen molar-refractivity contribution in [2.75, 3.05) is 13.1 Å². The van der Waals surface area contributed by atoms with Gasteiger partial charge in [0.1, 0.15) is 0 Å². The molecule has 0 spiro atoms. The summed E-state index contributed by atoms with van der Waals surface area (Å²) in [5, 5.41) is 3.06. The predicted octanol–water partition coefficient (Wildman–Crippen LogP) is 2.74. The van der Waals surface area contributed by atoms with E-state index in [9.17, 15) is 9.59 Å². The Hall–Kier alpha value is -2.69. The lowest BCUT2D eigenvalue weighted by Crippen LogP contribution is -2.38. The van der Waals surface area contributed by atoms with E-state index in [0.29, 0.717) is 25.1 Å². The van der Waals surface area contributed by atoms with E-state index < -0.39 is 0 Å². The molecule has 1 aliphatic rings. The van der Waals surface area contributed by atoms with E-state index in [-0.39, 0.29) is 17.9 Å². The maximum absolute atomic E-state index is 12.5. The first-order chi connectivity index (χ1) is 12.6. The summed E-state index contributed by atoms with van der Waals surface area (Å²) in [5.41, 5.74) is 2.75. The van der Waals surface area contributed by atoms with Crippen LogP contribution in [0.1, 0.15) is 40.9 Å². The van der Waals surface area contributed by atoms with Gasteiger partial charge in [0.2, 0.25) is 5.91 Å². The molecule has 2 aromatic rings. The fourth-order valence-electron chi connectivity index (χ4n) is 3.24. The number of benzene rings is 1. The van der Waals surface area contributed by atoms with Crippen molar-refractivity contribution >= 4 is 11.8 Å². The second kappa shape index (κ2) is 8.61. The highest BCUT2D eigenvalue weighted by Crippen LogP contribution is 2.14. The fraction of sp³-hybridized carbons (Fsp3) is 0.381. The molecule has 1 aromatic carbocycles. The van der Waals surface area contributed by atoms with Gasteiger partial charge in [0, 0.05) is 37.4 Å². The molecule has 26 heavy (non-hydrogen) atoms. The number of likely N-dealkylation sites (tertiary alicyclic amines) is 1. The van der Waals surface area contributed by atoms with Crippen molar-refractivity contribution in [3.63, 3.8) is 0 Å². The summed E-state index contributed by atoms with van der Waals surface area (Å²) < 4.78 is 0. The van der Waals surface area contributed by atoms with Crippen molar-refractivity contribution in [3.8, 4) is 0 Å². The van der Waals surface area contributed by atoms with Crippen molar-refractivity contribution in [2.24, 2.45) is 0 Å². The van der Waals surface area contributed by atoms with Gasteiger partial charge in [0.25, 0.3) is 5.91 Å². The summed E-state index contributed by atoms with van der Waals surface area (Å²) in [4.78, 5) is 30.6. The highest BCUT2D eigenvalue weighted by molar-refractivity contribution is 5.94. The lowest BCUT2D eigenvalue weighted by molar-refractivity contribution is -0.121. The van der Waals surface area contributed by atoms with Crippen molar-refractivity contribution in [1.29, 1.82) is 0 Å². The number of hydrogen-bond acceptors (Lipinski definition) is 3. The molecule has 2 heterocycles. The van der Waals surface area contributed by atoms with E-state index in [0.717, 1.165) is 25.0 Å². The highest BCUT2D eigenvalue weighted by atomic mass is 16.2. The molecule has 1 N–H and O–H groups in total. The molecule has 5 heteroatoms. The third kappa shape index (κ3) is 4.91. The average molecular weight is 351 g/mol. The van der Waals surface area contributed by atoms with Crippen molar-refractivity contribution in [1.82, 2.24) is 15.2 Å². The Labute approximate surface area is 154 Å². The summed E-state index contributed by atoms with van der Waals surface area (Å²) in [6.45, 7) is 3.13. The van der Waals surface area contributed by atoms with E-state index in [1.807, 2.05) is 31.2 Å². The van der Waals surface area contributed by atoms with Gasteiger partial charge in [-0.05, 0) is 43.9 Å². The maximum atomic E-state index is 12.5. The molecule has 5 nitrogen and oxygen atoms in total. The summed E-state index contributed by atoms with van der Waals surface area (Å²) in [6, 6.07) is 13.9. The first kappa shape index (κ1) is 18.1. The topological polar surface area (TPSA) is 62.3 Å². The van der Waals surface area contributed by atoms with Gasteiger partial charge >= 0.3 is 0 Å². The molecule has 1 aliphatic heterocycles. The minimum absolute atomic E-state index is 0.0154. The Kier molecular flexibility index (Phi) is 6.00. The lowest BCUT2D eigenvalue weighted by Gasteiger charge is -2.17. The number of pyridine rings is 1. The smallest absolute Gasteiger partial charge is 0.255 e. The van der Waals surface area contributed by atoms with Gasteiger partial charge in [-0.1, -0.05) is 30.3 Å². The molecule has 0 unspecified atom stereocenters. The average Bonchev–Trinajstić information content (AvgIpc) is 3.11. The van der Waals surface area contributed by atoms with Crippen LogP contribution < -0.4 is 5.32 Å². The Morgan fingerprint density at radius 1 is 1.19 bits per heavy atom. The zero-order chi connectivity index (χ0) is 18.4.